The summed E-state index contributed by atoms with van der Waals surface area (Å²) in [6, 6.07) is 6.86. The molecule has 10 nitrogen and oxygen atoms in total. The number of rotatable bonds is 8. The van der Waals surface area contributed by atoms with Crippen LogP contribution in [0.15, 0.2) is 59.4 Å². The number of amides is 1. The summed E-state index contributed by atoms with van der Waals surface area (Å²) in [5.74, 6) is -1.84. The molecule has 0 N–H and O–H groups in total. The fraction of sp³-hybridized carbons (Fsp3) is 0.258. The average Bonchev–Trinajstić information content (AvgIpc) is 3.65. The Kier molecular flexibility index (Phi) is 7.82. The van der Waals surface area contributed by atoms with E-state index in [2.05, 4.69) is 11.7 Å². The highest BCUT2D eigenvalue weighted by Crippen LogP contribution is 2.47. The molecule has 0 saturated heterocycles. The number of carbonyl (C=O) groups excluding carboxylic acids is 1. The molecule has 0 fully saturated rings. The number of aromatic nitrogens is 5. The summed E-state index contributed by atoms with van der Waals surface area (Å²) in [7, 11) is 3.05. The Morgan fingerprint density at radius 3 is 2.75 bits per heavy atom. The summed E-state index contributed by atoms with van der Waals surface area (Å²) in [6.07, 6.45) is 2.82. The number of methoxy groups -OCH3 is 1. The maximum Gasteiger partial charge on any atom is 0.267 e. The van der Waals surface area contributed by atoms with Gasteiger partial charge in [0.1, 0.15) is 35.4 Å². The number of nitrogens with zero attached hydrogens (tertiary/aromatic N) is 6. The van der Waals surface area contributed by atoms with E-state index >= 15 is 4.39 Å². The molecule has 0 spiro atoms. The fourth-order valence-electron chi connectivity index (χ4n) is 5.35. The predicted molar refractivity (Wildman–Crippen MR) is 162 cm³/mol. The van der Waals surface area contributed by atoms with Gasteiger partial charge in [-0.1, -0.05) is 6.58 Å². The van der Waals surface area contributed by atoms with Gasteiger partial charge in [0.05, 0.1) is 42.8 Å². The van der Waals surface area contributed by atoms with Gasteiger partial charge in [0.25, 0.3) is 5.56 Å². The number of carbonyl (C=O) groups is 1. The maximum atomic E-state index is 15.9. The van der Waals surface area contributed by atoms with E-state index in [1.807, 2.05) is 18.4 Å². The van der Waals surface area contributed by atoms with Crippen molar-refractivity contribution in [2.45, 2.75) is 26.1 Å². The van der Waals surface area contributed by atoms with Crippen LogP contribution in [0.3, 0.4) is 0 Å². The number of fused-ring (bicyclic) bond motifs is 2. The van der Waals surface area contributed by atoms with Crippen molar-refractivity contribution in [2.75, 3.05) is 20.3 Å². The molecule has 226 valence electrons. The van der Waals surface area contributed by atoms with Crippen molar-refractivity contribution in [3.05, 3.63) is 82.2 Å². The number of hydrogen-bond donors (Lipinski definition) is 0. The summed E-state index contributed by atoms with van der Waals surface area (Å²) < 4.78 is 45.0. The first-order valence-electron chi connectivity index (χ1n) is 13.8. The standard InChI is InChI=1S/C31H28F2N6O4S/c1-5-25(40)38-16-20-13-23(36-39(20)15-17(38)2)30-28(27-22(33)11-19(32)12-24(27)43-8-7-42-4)31-21(6-9-44-31)29(35-30)18-10-26(41)37(3)34-14-18/h5-6,9-14,17H,1,7-8,15-16H2,2-4H3/t17-/m1/s1. The van der Waals surface area contributed by atoms with Gasteiger partial charge in [-0.2, -0.15) is 10.2 Å². The number of pyridine rings is 1. The smallest absolute Gasteiger partial charge is 0.267 e. The topological polar surface area (TPSA) is 104 Å². The molecule has 0 radical (unpaired) electrons. The third kappa shape index (κ3) is 5.18. The minimum Gasteiger partial charge on any atom is -0.490 e. The van der Waals surface area contributed by atoms with Crippen LogP contribution >= 0.6 is 11.3 Å². The van der Waals surface area contributed by atoms with E-state index in [9.17, 15) is 14.0 Å². The summed E-state index contributed by atoms with van der Waals surface area (Å²) in [5, 5.41) is 11.5. The first kappa shape index (κ1) is 29.3. The second kappa shape index (κ2) is 11.7. The molecule has 1 atom stereocenters. The molecule has 5 heterocycles. The SMILES string of the molecule is C=CC(=O)N1Cc2cc(-c3nc(-c4cnn(C)c(=O)c4)c4ccsc4c3-c3c(F)cc(F)cc3OCCOC)nn2C[C@H]1C. The summed E-state index contributed by atoms with van der Waals surface area (Å²) in [4.78, 5) is 31.8. The van der Waals surface area contributed by atoms with Gasteiger partial charge in [0, 0.05) is 59.6 Å². The summed E-state index contributed by atoms with van der Waals surface area (Å²) in [6.45, 7) is 6.51. The molecule has 1 aliphatic rings. The Labute approximate surface area is 254 Å². The van der Waals surface area contributed by atoms with Crippen LogP contribution in [-0.4, -0.2) is 61.7 Å². The van der Waals surface area contributed by atoms with Gasteiger partial charge < -0.3 is 14.4 Å². The van der Waals surface area contributed by atoms with Crippen molar-refractivity contribution >= 4 is 27.3 Å². The predicted octanol–water partition coefficient (Wildman–Crippen LogP) is 4.81. The van der Waals surface area contributed by atoms with Crippen LogP contribution in [0.5, 0.6) is 5.75 Å². The van der Waals surface area contributed by atoms with Crippen LogP contribution in [0.1, 0.15) is 12.6 Å². The first-order valence-corrected chi connectivity index (χ1v) is 14.6. The van der Waals surface area contributed by atoms with Crippen molar-refractivity contribution in [2.24, 2.45) is 7.05 Å². The molecule has 4 aromatic heterocycles. The van der Waals surface area contributed by atoms with E-state index in [-0.39, 0.29) is 48.6 Å². The third-order valence-corrected chi connectivity index (χ3v) is 8.46. The van der Waals surface area contributed by atoms with Gasteiger partial charge >= 0.3 is 0 Å². The number of benzene rings is 1. The monoisotopic (exact) mass is 618 g/mol. The highest BCUT2D eigenvalue weighted by Gasteiger charge is 2.30. The van der Waals surface area contributed by atoms with Crippen LogP contribution in [0.25, 0.3) is 43.9 Å². The second-order valence-electron chi connectivity index (χ2n) is 10.4. The van der Waals surface area contributed by atoms with Gasteiger partial charge in [-0.25, -0.2) is 18.4 Å². The Morgan fingerprint density at radius 1 is 1.18 bits per heavy atom. The lowest BCUT2D eigenvalue weighted by atomic mass is 9.97. The van der Waals surface area contributed by atoms with Crippen molar-refractivity contribution in [1.82, 2.24) is 29.4 Å². The van der Waals surface area contributed by atoms with Crippen LogP contribution in [0.4, 0.5) is 8.78 Å². The highest BCUT2D eigenvalue weighted by molar-refractivity contribution is 7.18. The molecule has 0 bridgehead atoms. The highest BCUT2D eigenvalue weighted by atomic mass is 32.1. The lowest BCUT2D eigenvalue weighted by Crippen LogP contribution is -2.44. The number of aryl methyl sites for hydroxylation is 1. The molecule has 6 rings (SSSR count). The van der Waals surface area contributed by atoms with E-state index in [4.69, 9.17) is 19.6 Å². The molecule has 0 saturated carbocycles. The minimum atomic E-state index is -0.835. The molecule has 1 aliphatic heterocycles. The Balaban J connectivity index is 1.64. The van der Waals surface area contributed by atoms with E-state index in [0.717, 1.165) is 17.8 Å². The van der Waals surface area contributed by atoms with E-state index < -0.39 is 11.6 Å². The van der Waals surface area contributed by atoms with E-state index in [1.54, 1.807) is 28.9 Å². The molecule has 5 aromatic rings. The number of hydrogen-bond acceptors (Lipinski definition) is 8. The van der Waals surface area contributed by atoms with Crippen molar-refractivity contribution in [1.29, 1.82) is 0 Å². The lowest BCUT2D eigenvalue weighted by molar-refractivity contribution is -0.129. The largest absolute Gasteiger partial charge is 0.490 e. The quantitative estimate of drug-likeness (QED) is 0.182. The van der Waals surface area contributed by atoms with Crippen molar-refractivity contribution < 1.29 is 23.0 Å². The minimum absolute atomic E-state index is 0.0133. The molecule has 1 amide bonds. The number of halogens is 2. The van der Waals surface area contributed by atoms with Crippen LogP contribution in [0, 0.1) is 11.6 Å². The molecule has 1 aromatic carbocycles. The van der Waals surface area contributed by atoms with Gasteiger partial charge in [-0.3, -0.25) is 14.3 Å². The zero-order valence-electron chi connectivity index (χ0n) is 24.2. The van der Waals surface area contributed by atoms with Crippen LogP contribution < -0.4 is 10.3 Å². The Hall–Kier alpha value is -4.75. The van der Waals surface area contributed by atoms with Crippen molar-refractivity contribution in [3.8, 4) is 39.5 Å². The third-order valence-electron chi connectivity index (χ3n) is 7.53. The zero-order chi connectivity index (χ0) is 31.1. The normalized spacial score (nSPS) is 14.6. The van der Waals surface area contributed by atoms with Crippen molar-refractivity contribution in [3.63, 3.8) is 0 Å². The van der Waals surface area contributed by atoms with Gasteiger partial charge in [0.2, 0.25) is 5.91 Å². The average molecular weight is 619 g/mol. The summed E-state index contributed by atoms with van der Waals surface area (Å²) >= 11 is 1.34. The maximum absolute atomic E-state index is 15.9. The molecule has 0 aliphatic carbocycles. The molecular formula is C31H28F2N6O4S. The van der Waals surface area contributed by atoms with Gasteiger partial charge in [0.15, 0.2) is 0 Å². The Bertz CT molecular complexity index is 1980. The zero-order valence-corrected chi connectivity index (χ0v) is 25.0. The number of thiophene rings is 1. The lowest BCUT2D eigenvalue weighted by Gasteiger charge is -2.33. The van der Waals surface area contributed by atoms with Crippen LogP contribution in [-0.2, 0) is 29.7 Å². The Morgan fingerprint density at radius 2 is 2.00 bits per heavy atom. The molecule has 13 heteroatoms. The summed E-state index contributed by atoms with van der Waals surface area (Å²) in [5.41, 5.74) is 2.45. The van der Waals surface area contributed by atoms with Gasteiger partial charge in [-0.15, -0.1) is 11.3 Å². The fourth-order valence-corrected chi connectivity index (χ4v) is 6.30. The molecular weight excluding hydrogens is 590 g/mol. The number of ether oxygens (including phenoxy) is 2. The molecule has 0 unspecified atom stereocenters. The van der Waals surface area contributed by atoms with Gasteiger partial charge in [-0.05, 0) is 30.5 Å². The molecule has 44 heavy (non-hydrogen) atoms. The van der Waals surface area contributed by atoms with E-state index in [1.165, 1.54) is 35.3 Å². The van der Waals surface area contributed by atoms with E-state index in [0.29, 0.717) is 44.8 Å². The second-order valence-corrected chi connectivity index (χ2v) is 11.3. The first-order chi connectivity index (χ1) is 21.2. The van der Waals surface area contributed by atoms with Crippen LogP contribution in [0.2, 0.25) is 0 Å².